The summed E-state index contributed by atoms with van der Waals surface area (Å²) in [5.74, 6) is -0.110. The van der Waals surface area contributed by atoms with E-state index >= 15 is 0 Å². The molecule has 1 N–H and O–H groups in total. The Kier molecular flexibility index (Phi) is 2.81. The predicted molar refractivity (Wildman–Crippen MR) is 48.8 cm³/mol. The van der Waals surface area contributed by atoms with E-state index < -0.39 is 9.35 Å². The van der Waals surface area contributed by atoms with Gasteiger partial charge in [-0.1, -0.05) is 34.8 Å². The molecule has 0 atom stereocenters. The van der Waals surface area contributed by atoms with Gasteiger partial charge in [0.25, 0.3) is 5.56 Å². The SMILES string of the molecule is N#Cc1cnc(C(Cl)(Cl)Cl)[nH]c1=O. The highest BCUT2D eigenvalue weighted by Gasteiger charge is 2.26. The van der Waals surface area contributed by atoms with Gasteiger partial charge < -0.3 is 4.98 Å². The van der Waals surface area contributed by atoms with Gasteiger partial charge in [-0.3, -0.25) is 4.79 Å². The predicted octanol–water partition coefficient (Wildman–Crippen LogP) is 1.47. The lowest BCUT2D eigenvalue weighted by atomic mass is 10.4. The van der Waals surface area contributed by atoms with E-state index in [9.17, 15) is 4.79 Å². The van der Waals surface area contributed by atoms with E-state index in [0.29, 0.717) is 0 Å². The summed E-state index contributed by atoms with van der Waals surface area (Å²) in [4.78, 5) is 16.8. The molecule has 7 heteroatoms. The number of rotatable bonds is 0. The topological polar surface area (TPSA) is 69.5 Å². The van der Waals surface area contributed by atoms with Crippen LogP contribution in [0.3, 0.4) is 0 Å². The lowest BCUT2D eigenvalue weighted by Crippen LogP contribution is -2.18. The van der Waals surface area contributed by atoms with Crippen LogP contribution in [0.1, 0.15) is 11.4 Å². The van der Waals surface area contributed by atoms with Crippen LogP contribution in [-0.4, -0.2) is 9.97 Å². The average molecular weight is 238 g/mol. The summed E-state index contributed by atoms with van der Waals surface area (Å²) in [6, 6.07) is 1.64. The van der Waals surface area contributed by atoms with Gasteiger partial charge in [-0.2, -0.15) is 5.26 Å². The molecule has 0 aromatic carbocycles. The van der Waals surface area contributed by atoms with Crippen molar-refractivity contribution in [3.8, 4) is 6.07 Å². The maximum Gasteiger partial charge on any atom is 0.268 e. The fraction of sp³-hybridized carbons (Fsp3) is 0.167. The van der Waals surface area contributed by atoms with Crippen molar-refractivity contribution in [3.05, 3.63) is 27.9 Å². The van der Waals surface area contributed by atoms with Crippen molar-refractivity contribution in [3.63, 3.8) is 0 Å². The number of aromatic amines is 1. The lowest BCUT2D eigenvalue weighted by molar-refractivity contribution is 0.939. The molecule has 0 bridgehead atoms. The summed E-state index contributed by atoms with van der Waals surface area (Å²) < 4.78 is -1.78. The molecule has 0 aliphatic heterocycles. The van der Waals surface area contributed by atoms with Crippen molar-refractivity contribution in [2.24, 2.45) is 0 Å². The number of nitrogens with zero attached hydrogens (tertiary/aromatic N) is 2. The fourth-order valence-corrected chi connectivity index (χ4v) is 0.907. The van der Waals surface area contributed by atoms with Gasteiger partial charge in [0, 0.05) is 0 Å². The minimum Gasteiger partial charge on any atom is -0.306 e. The Hall–Kier alpha value is -0.760. The Balaban J connectivity index is 3.28. The number of H-pyrrole nitrogens is 1. The minimum atomic E-state index is -1.78. The minimum absolute atomic E-state index is 0.110. The van der Waals surface area contributed by atoms with Crippen molar-refractivity contribution in [1.29, 1.82) is 5.26 Å². The number of alkyl halides is 3. The van der Waals surface area contributed by atoms with Crippen LogP contribution >= 0.6 is 34.8 Å². The molecule has 1 aromatic heterocycles. The summed E-state index contributed by atoms with van der Waals surface area (Å²) in [7, 11) is 0. The number of halogens is 3. The van der Waals surface area contributed by atoms with Crippen LogP contribution in [0.2, 0.25) is 0 Å². The van der Waals surface area contributed by atoms with Crippen molar-refractivity contribution >= 4 is 34.8 Å². The Morgan fingerprint density at radius 2 is 2.15 bits per heavy atom. The Morgan fingerprint density at radius 1 is 1.54 bits per heavy atom. The first kappa shape index (κ1) is 10.3. The van der Waals surface area contributed by atoms with Crippen LogP contribution in [0, 0.1) is 11.3 Å². The first-order valence-corrected chi connectivity index (χ1v) is 4.15. The molecule has 4 nitrogen and oxygen atoms in total. The highest BCUT2D eigenvalue weighted by atomic mass is 35.6. The molecular formula is C6H2Cl3N3O. The summed E-state index contributed by atoms with van der Waals surface area (Å²) >= 11 is 16.3. The monoisotopic (exact) mass is 237 g/mol. The number of hydrogen-bond acceptors (Lipinski definition) is 3. The van der Waals surface area contributed by atoms with Gasteiger partial charge in [-0.05, 0) is 0 Å². The first-order valence-electron chi connectivity index (χ1n) is 3.02. The molecule has 1 rings (SSSR count). The number of aromatic nitrogens is 2. The van der Waals surface area contributed by atoms with Crippen molar-refractivity contribution < 1.29 is 0 Å². The zero-order chi connectivity index (χ0) is 10.1. The van der Waals surface area contributed by atoms with Crippen LogP contribution in [0.15, 0.2) is 11.0 Å². The van der Waals surface area contributed by atoms with Gasteiger partial charge in [0.1, 0.15) is 11.6 Å². The number of nitriles is 1. The fourth-order valence-electron chi connectivity index (χ4n) is 0.619. The van der Waals surface area contributed by atoms with Crippen molar-refractivity contribution in [2.45, 2.75) is 3.79 Å². The smallest absolute Gasteiger partial charge is 0.268 e. The quantitative estimate of drug-likeness (QED) is 0.696. The second-order valence-electron chi connectivity index (χ2n) is 2.08. The lowest BCUT2D eigenvalue weighted by Gasteiger charge is -2.08. The van der Waals surface area contributed by atoms with Crippen LogP contribution < -0.4 is 5.56 Å². The molecule has 68 valence electrons. The zero-order valence-electron chi connectivity index (χ0n) is 6.01. The summed E-state index contributed by atoms with van der Waals surface area (Å²) in [5.41, 5.74) is -0.753. The van der Waals surface area contributed by atoms with E-state index in [1.807, 2.05) is 0 Å². The second-order valence-corrected chi connectivity index (χ2v) is 4.37. The molecular weight excluding hydrogens is 236 g/mol. The first-order chi connectivity index (χ1) is 5.95. The Morgan fingerprint density at radius 3 is 2.54 bits per heavy atom. The van der Waals surface area contributed by atoms with Gasteiger partial charge in [0.15, 0.2) is 5.82 Å². The van der Waals surface area contributed by atoms with Gasteiger partial charge in [0.2, 0.25) is 3.79 Å². The third-order valence-corrected chi connectivity index (χ3v) is 1.73. The second kappa shape index (κ2) is 3.54. The summed E-state index contributed by atoms with van der Waals surface area (Å²) in [6.45, 7) is 0. The molecule has 0 radical (unpaired) electrons. The van der Waals surface area contributed by atoms with Gasteiger partial charge in [-0.25, -0.2) is 4.98 Å². The van der Waals surface area contributed by atoms with E-state index in [2.05, 4.69) is 9.97 Å². The summed E-state index contributed by atoms with van der Waals surface area (Å²) in [5, 5.41) is 8.40. The molecule has 0 fully saturated rings. The third-order valence-electron chi connectivity index (χ3n) is 1.19. The Labute approximate surface area is 88.1 Å². The number of nitrogens with one attached hydrogen (secondary N) is 1. The standard InChI is InChI=1S/C6H2Cl3N3O/c7-6(8,9)5-11-2-3(1-10)4(13)12-5/h2H,(H,11,12,13). The van der Waals surface area contributed by atoms with E-state index in [1.165, 1.54) is 0 Å². The normalized spacial score (nSPS) is 10.9. The highest BCUT2D eigenvalue weighted by Crippen LogP contribution is 2.34. The van der Waals surface area contributed by atoms with Gasteiger partial charge in [-0.15, -0.1) is 0 Å². The third kappa shape index (κ3) is 2.34. The molecule has 0 amide bonds. The van der Waals surface area contributed by atoms with Crippen molar-refractivity contribution in [2.75, 3.05) is 0 Å². The maximum atomic E-state index is 11.0. The summed E-state index contributed by atoms with van der Waals surface area (Å²) in [6.07, 6.45) is 1.05. The van der Waals surface area contributed by atoms with E-state index in [4.69, 9.17) is 40.1 Å². The molecule has 1 aromatic rings. The highest BCUT2D eigenvalue weighted by molar-refractivity contribution is 6.66. The van der Waals surface area contributed by atoms with Crippen molar-refractivity contribution in [1.82, 2.24) is 9.97 Å². The molecule has 0 spiro atoms. The van der Waals surface area contributed by atoms with Crippen LogP contribution in [-0.2, 0) is 3.79 Å². The molecule has 0 unspecified atom stereocenters. The molecule has 0 aliphatic carbocycles. The van der Waals surface area contributed by atoms with E-state index in [1.54, 1.807) is 6.07 Å². The molecule has 0 aliphatic rings. The Bertz CT molecular complexity index is 414. The maximum absolute atomic E-state index is 11.0. The number of hydrogen-bond donors (Lipinski definition) is 1. The molecule has 0 saturated heterocycles. The van der Waals surface area contributed by atoms with E-state index in [0.717, 1.165) is 6.20 Å². The van der Waals surface area contributed by atoms with Gasteiger partial charge >= 0.3 is 0 Å². The van der Waals surface area contributed by atoms with Crippen LogP contribution in [0.5, 0.6) is 0 Å². The zero-order valence-corrected chi connectivity index (χ0v) is 8.28. The van der Waals surface area contributed by atoms with Crippen LogP contribution in [0.4, 0.5) is 0 Å². The largest absolute Gasteiger partial charge is 0.306 e. The van der Waals surface area contributed by atoms with E-state index in [-0.39, 0.29) is 11.4 Å². The van der Waals surface area contributed by atoms with Crippen LogP contribution in [0.25, 0.3) is 0 Å². The molecule has 13 heavy (non-hydrogen) atoms. The average Bonchev–Trinajstić information content (AvgIpc) is 2.02. The molecule has 0 saturated carbocycles. The van der Waals surface area contributed by atoms with Gasteiger partial charge in [0.05, 0.1) is 6.20 Å². The molecule has 1 heterocycles.